The van der Waals surface area contributed by atoms with E-state index in [0.29, 0.717) is 5.56 Å². The number of aliphatic hydroxyl groups is 2. The van der Waals surface area contributed by atoms with Crippen molar-refractivity contribution >= 4 is 21.9 Å². The second kappa shape index (κ2) is 6.23. The highest BCUT2D eigenvalue weighted by molar-refractivity contribution is 5.99. The van der Waals surface area contributed by atoms with Crippen molar-refractivity contribution in [2.24, 2.45) is 0 Å². The summed E-state index contributed by atoms with van der Waals surface area (Å²) in [4.78, 5) is 13.3. The molecule has 0 bridgehead atoms. The van der Waals surface area contributed by atoms with E-state index in [1.807, 2.05) is 0 Å². The van der Waals surface area contributed by atoms with E-state index in [1.165, 1.54) is 18.2 Å². The lowest BCUT2D eigenvalue weighted by Gasteiger charge is -2.40. The lowest BCUT2D eigenvalue weighted by Crippen LogP contribution is -2.48. The van der Waals surface area contributed by atoms with Gasteiger partial charge in [0.1, 0.15) is 28.9 Å². The standard InChI is InChI=1S/C23H24O7/c1-6-22(2,3)12-9-13(24)20-14(17(12)27)15(25)10-7-8-11-16(26)21(28)23(4,5)30-19(11)18(10)29-20/h6-9,16,21,24,26-28H,1H2,2-5H3. The maximum Gasteiger partial charge on any atom is 0.204 e. The molecule has 2 heterocycles. The molecule has 0 radical (unpaired) electrons. The van der Waals surface area contributed by atoms with Crippen molar-refractivity contribution < 1.29 is 29.6 Å². The second-order valence-electron chi connectivity index (χ2n) is 8.81. The van der Waals surface area contributed by atoms with Crippen LogP contribution in [0.5, 0.6) is 17.2 Å². The predicted octanol–water partition coefficient (Wildman–Crippen LogP) is 3.39. The van der Waals surface area contributed by atoms with Crippen molar-refractivity contribution in [2.45, 2.75) is 50.9 Å². The van der Waals surface area contributed by atoms with Gasteiger partial charge in [-0.2, -0.15) is 0 Å². The molecule has 2 unspecified atom stereocenters. The molecule has 7 nitrogen and oxygen atoms in total. The Kier molecular flexibility index (Phi) is 4.21. The number of phenolic OH excluding ortho intramolecular Hbond substituents is 2. The Bertz CT molecular complexity index is 1270. The molecule has 0 spiro atoms. The van der Waals surface area contributed by atoms with Gasteiger partial charge < -0.3 is 29.6 Å². The quantitative estimate of drug-likeness (QED) is 0.289. The smallest absolute Gasteiger partial charge is 0.204 e. The van der Waals surface area contributed by atoms with Crippen LogP contribution in [0.25, 0.3) is 21.9 Å². The van der Waals surface area contributed by atoms with Gasteiger partial charge in [-0.3, -0.25) is 4.79 Å². The third kappa shape index (κ3) is 2.62. The van der Waals surface area contributed by atoms with Gasteiger partial charge in [0.05, 0.1) is 5.39 Å². The van der Waals surface area contributed by atoms with E-state index >= 15 is 0 Å². The first-order valence-electron chi connectivity index (χ1n) is 9.58. The summed E-state index contributed by atoms with van der Waals surface area (Å²) in [5.41, 5.74) is -1.96. The van der Waals surface area contributed by atoms with E-state index in [0.717, 1.165) is 0 Å². The van der Waals surface area contributed by atoms with Crippen molar-refractivity contribution in [2.75, 3.05) is 0 Å². The highest BCUT2D eigenvalue weighted by atomic mass is 16.5. The lowest BCUT2D eigenvalue weighted by atomic mass is 9.83. The van der Waals surface area contributed by atoms with Gasteiger partial charge in [-0.1, -0.05) is 26.0 Å². The number of hydrogen-bond donors (Lipinski definition) is 4. The average Bonchev–Trinajstić information content (AvgIpc) is 2.68. The van der Waals surface area contributed by atoms with Crippen molar-refractivity contribution in [3.63, 3.8) is 0 Å². The van der Waals surface area contributed by atoms with Crippen LogP contribution in [0.2, 0.25) is 0 Å². The Labute approximate surface area is 172 Å². The molecule has 2 aromatic carbocycles. The molecule has 0 saturated heterocycles. The Morgan fingerprint density at radius 1 is 1.17 bits per heavy atom. The highest BCUT2D eigenvalue weighted by Crippen LogP contribution is 2.46. The van der Waals surface area contributed by atoms with Crippen LogP contribution < -0.4 is 10.2 Å². The fraction of sp³-hybridized carbons (Fsp3) is 0.348. The topological polar surface area (TPSA) is 120 Å². The maximum absolute atomic E-state index is 13.3. The minimum Gasteiger partial charge on any atom is -0.507 e. The normalized spacial score (nSPS) is 20.7. The summed E-state index contributed by atoms with van der Waals surface area (Å²) in [6.07, 6.45) is -0.822. The number of hydrogen-bond acceptors (Lipinski definition) is 7. The number of ether oxygens (including phenoxy) is 1. The van der Waals surface area contributed by atoms with Gasteiger partial charge in [-0.25, -0.2) is 0 Å². The van der Waals surface area contributed by atoms with Gasteiger partial charge in [0.25, 0.3) is 0 Å². The number of aliphatic hydroxyl groups excluding tert-OH is 2. The van der Waals surface area contributed by atoms with Gasteiger partial charge in [0.15, 0.2) is 22.7 Å². The van der Waals surface area contributed by atoms with Crippen LogP contribution in [0.1, 0.15) is 44.9 Å². The monoisotopic (exact) mass is 412 g/mol. The maximum atomic E-state index is 13.3. The zero-order chi connectivity index (χ0) is 22.2. The number of fused-ring (bicyclic) bond motifs is 4. The minimum absolute atomic E-state index is 0.0226. The molecular weight excluding hydrogens is 388 g/mol. The molecule has 0 saturated carbocycles. The van der Waals surface area contributed by atoms with E-state index in [4.69, 9.17) is 9.15 Å². The molecule has 30 heavy (non-hydrogen) atoms. The minimum atomic E-state index is -1.24. The average molecular weight is 412 g/mol. The zero-order valence-corrected chi connectivity index (χ0v) is 17.2. The predicted molar refractivity (Wildman–Crippen MR) is 112 cm³/mol. The van der Waals surface area contributed by atoms with E-state index < -0.39 is 28.7 Å². The van der Waals surface area contributed by atoms with Crippen LogP contribution in [-0.4, -0.2) is 32.1 Å². The summed E-state index contributed by atoms with van der Waals surface area (Å²) in [6.45, 7) is 10.6. The number of benzene rings is 2. The SMILES string of the molecule is C=CC(C)(C)c1cc(O)c2oc3c4c(ccc3c(=O)c2c1O)C(O)C(O)C(C)(C)O4. The van der Waals surface area contributed by atoms with Gasteiger partial charge in [0.2, 0.25) is 5.43 Å². The second-order valence-corrected chi connectivity index (χ2v) is 8.81. The highest BCUT2D eigenvalue weighted by Gasteiger charge is 2.43. The lowest BCUT2D eigenvalue weighted by molar-refractivity contribution is -0.111. The number of aromatic hydroxyl groups is 2. The van der Waals surface area contributed by atoms with Gasteiger partial charge >= 0.3 is 0 Å². The zero-order valence-electron chi connectivity index (χ0n) is 17.2. The molecule has 3 aromatic rings. The van der Waals surface area contributed by atoms with Gasteiger partial charge in [-0.15, -0.1) is 6.58 Å². The molecule has 1 aliphatic rings. The molecule has 7 heteroatoms. The molecular formula is C23H24O7. The summed E-state index contributed by atoms with van der Waals surface area (Å²) in [5, 5.41) is 42.3. The van der Waals surface area contributed by atoms with E-state index in [1.54, 1.807) is 33.8 Å². The largest absolute Gasteiger partial charge is 0.507 e. The third-order valence-electron chi connectivity index (χ3n) is 5.95. The van der Waals surface area contributed by atoms with Crippen LogP contribution in [-0.2, 0) is 5.41 Å². The number of phenols is 2. The summed E-state index contributed by atoms with van der Waals surface area (Å²) in [6, 6.07) is 4.27. The van der Waals surface area contributed by atoms with Gasteiger partial charge in [-0.05, 0) is 26.0 Å². The molecule has 0 fully saturated rings. The van der Waals surface area contributed by atoms with Crippen molar-refractivity contribution in [1.82, 2.24) is 0 Å². The molecule has 1 aromatic heterocycles. The number of rotatable bonds is 2. The first-order valence-corrected chi connectivity index (χ1v) is 9.58. The molecule has 4 rings (SSSR count). The van der Waals surface area contributed by atoms with Crippen molar-refractivity contribution in [3.05, 3.63) is 52.2 Å². The first-order chi connectivity index (χ1) is 13.9. The molecule has 1 aliphatic heterocycles. The summed E-state index contributed by atoms with van der Waals surface area (Å²) >= 11 is 0. The summed E-state index contributed by atoms with van der Waals surface area (Å²) < 4.78 is 11.7. The van der Waals surface area contributed by atoms with Crippen LogP contribution in [0.4, 0.5) is 0 Å². The third-order valence-corrected chi connectivity index (χ3v) is 5.95. The molecule has 0 amide bonds. The van der Waals surface area contributed by atoms with E-state index in [9.17, 15) is 25.2 Å². The Hall–Kier alpha value is -3.03. The Morgan fingerprint density at radius 2 is 1.83 bits per heavy atom. The fourth-order valence-corrected chi connectivity index (χ4v) is 3.86. The molecule has 158 valence electrons. The summed E-state index contributed by atoms with van der Waals surface area (Å²) in [5.74, 6) is -0.499. The molecule has 2 atom stereocenters. The van der Waals surface area contributed by atoms with E-state index in [2.05, 4.69) is 6.58 Å². The van der Waals surface area contributed by atoms with Crippen LogP contribution in [0.3, 0.4) is 0 Å². The Balaban J connectivity index is 2.13. The van der Waals surface area contributed by atoms with Crippen molar-refractivity contribution in [1.29, 1.82) is 0 Å². The number of allylic oxidation sites excluding steroid dienone is 1. The molecule has 0 aliphatic carbocycles. The first kappa shape index (κ1) is 20.3. The van der Waals surface area contributed by atoms with Crippen LogP contribution in [0.15, 0.2) is 40.1 Å². The molecule has 4 N–H and O–H groups in total. The summed E-state index contributed by atoms with van der Waals surface area (Å²) in [7, 11) is 0. The van der Waals surface area contributed by atoms with Gasteiger partial charge in [0, 0.05) is 16.5 Å². The fourth-order valence-electron chi connectivity index (χ4n) is 3.86. The van der Waals surface area contributed by atoms with Crippen LogP contribution in [0, 0.1) is 0 Å². The van der Waals surface area contributed by atoms with Crippen LogP contribution >= 0.6 is 0 Å². The Morgan fingerprint density at radius 3 is 2.47 bits per heavy atom. The van der Waals surface area contributed by atoms with Crippen molar-refractivity contribution in [3.8, 4) is 17.2 Å². The van der Waals surface area contributed by atoms with E-state index in [-0.39, 0.29) is 44.8 Å².